The molecule has 0 aliphatic carbocycles. The van der Waals surface area contributed by atoms with Crippen LogP contribution in [-0.2, 0) is 11.3 Å². The lowest BCUT2D eigenvalue weighted by Gasteiger charge is -2.17. The molecule has 3 aromatic rings. The van der Waals surface area contributed by atoms with Crippen LogP contribution in [-0.4, -0.2) is 24.4 Å². The molecule has 3 nitrogen and oxygen atoms in total. The number of thiophene rings is 1. The van der Waals surface area contributed by atoms with Gasteiger partial charge < -0.3 is 5.32 Å². The van der Waals surface area contributed by atoms with Crippen LogP contribution in [0.4, 0.5) is 5.69 Å². The van der Waals surface area contributed by atoms with Gasteiger partial charge in [0.15, 0.2) is 0 Å². The standard InChI is InChI=1S/C20H22N2OS/c1-14-7-6-9-18(15(14)2)21-20(23)12-22(3)11-16-13-24-19-10-5-4-8-17(16)19/h4-10,13H,11-12H2,1-3H3,(H,21,23). The quantitative estimate of drug-likeness (QED) is 0.738. The zero-order valence-corrected chi connectivity index (χ0v) is 15.1. The van der Waals surface area contributed by atoms with Crippen LogP contribution in [0.2, 0.25) is 0 Å². The van der Waals surface area contributed by atoms with Gasteiger partial charge in [0.2, 0.25) is 5.91 Å². The summed E-state index contributed by atoms with van der Waals surface area (Å²) in [7, 11) is 1.98. The Kier molecular flexibility index (Phi) is 4.97. The van der Waals surface area contributed by atoms with E-state index in [0.717, 1.165) is 17.8 Å². The number of hydrogen-bond donors (Lipinski definition) is 1. The van der Waals surface area contributed by atoms with E-state index < -0.39 is 0 Å². The summed E-state index contributed by atoms with van der Waals surface area (Å²) in [5.41, 5.74) is 4.48. The minimum Gasteiger partial charge on any atom is -0.325 e. The number of likely N-dealkylation sites (N-methyl/N-ethyl adjacent to an activating group) is 1. The molecule has 0 saturated heterocycles. The molecule has 3 rings (SSSR count). The minimum absolute atomic E-state index is 0.0192. The van der Waals surface area contributed by atoms with Crippen molar-refractivity contribution in [3.63, 3.8) is 0 Å². The highest BCUT2D eigenvalue weighted by molar-refractivity contribution is 7.17. The fourth-order valence-electron chi connectivity index (χ4n) is 2.82. The van der Waals surface area contributed by atoms with Gasteiger partial charge in [-0.05, 0) is 60.5 Å². The zero-order valence-electron chi connectivity index (χ0n) is 14.3. The van der Waals surface area contributed by atoms with Crippen molar-refractivity contribution in [2.75, 3.05) is 18.9 Å². The number of fused-ring (bicyclic) bond motifs is 1. The summed E-state index contributed by atoms with van der Waals surface area (Å²) in [4.78, 5) is 14.4. The molecule has 2 aromatic carbocycles. The van der Waals surface area contributed by atoms with Gasteiger partial charge in [0.05, 0.1) is 6.54 Å². The highest BCUT2D eigenvalue weighted by Gasteiger charge is 2.11. The van der Waals surface area contributed by atoms with Gasteiger partial charge in [0.25, 0.3) is 0 Å². The lowest BCUT2D eigenvalue weighted by atomic mass is 10.1. The SMILES string of the molecule is Cc1cccc(NC(=O)CN(C)Cc2csc3ccccc23)c1C. The smallest absolute Gasteiger partial charge is 0.238 e. The molecule has 1 N–H and O–H groups in total. The van der Waals surface area contributed by atoms with Crippen LogP contribution >= 0.6 is 11.3 Å². The first-order valence-electron chi connectivity index (χ1n) is 8.04. The summed E-state index contributed by atoms with van der Waals surface area (Å²) >= 11 is 1.75. The molecule has 1 aromatic heterocycles. The van der Waals surface area contributed by atoms with E-state index in [-0.39, 0.29) is 5.91 Å². The van der Waals surface area contributed by atoms with Crippen molar-refractivity contribution >= 4 is 33.0 Å². The summed E-state index contributed by atoms with van der Waals surface area (Å²) in [6, 6.07) is 14.4. The largest absolute Gasteiger partial charge is 0.325 e. The molecule has 1 amide bonds. The monoisotopic (exact) mass is 338 g/mol. The van der Waals surface area contributed by atoms with Gasteiger partial charge in [-0.25, -0.2) is 0 Å². The van der Waals surface area contributed by atoms with Crippen LogP contribution in [0.15, 0.2) is 47.8 Å². The highest BCUT2D eigenvalue weighted by Crippen LogP contribution is 2.26. The van der Waals surface area contributed by atoms with Crippen molar-refractivity contribution in [2.45, 2.75) is 20.4 Å². The Morgan fingerprint density at radius 3 is 2.75 bits per heavy atom. The van der Waals surface area contributed by atoms with Gasteiger partial charge in [0.1, 0.15) is 0 Å². The Morgan fingerprint density at radius 1 is 1.12 bits per heavy atom. The van der Waals surface area contributed by atoms with E-state index >= 15 is 0 Å². The van der Waals surface area contributed by atoms with Crippen LogP contribution in [0.3, 0.4) is 0 Å². The van der Waals surface area contributed by atoms with Crippen molar-refractivity contribution in [1.29, 1.82) is 0 Å². The molecule has 124 valence electrons. The van der Waals surface area contributed by atoms with E-state index in [0.29, 0.717) is 6.54 Å². The summed E-state index contributed by atoms with van der Waals surface area (Å²) in [5, 5.41) is 6.49. The molecular weight excluding hydrogens is 316 g/mol. The Morgan fingerprint density at radius 2 is 1.92 bits per heavy atom. The lowest BCUT2D eigenvalue weighted by Crippen LogP contribution is -2.30. The Balaban J connectivity index is 1.63. The average Bonchev–Trinajstić information content (AvgIpc) is 2.95. The van der Waals surface area contributed by atoms with Gasteiger partial charge in [-0.15, -0.1) is 11.3 Å². The van der Waals surface area contributed by atoms with Gasteiger partial charge >= 0.3 is 0 Å². The number of carbonyl (C=O) groups is 1. The summed E-state index contributed by atoms with van der Waals surface area (Å²) < 4.78 is 1.29. The maximum Gasteiger partial charge on any atom is 0.238 e. The van der Waals surface area contributed by atoms with Crippen LogP contribution < -0.4 is 5.32 Å². The van der Waals surface area contributed by atoms with Crippen LogP contribution in [0.1, 0.15) is 16.7 Å². The molecular formula is C20H22N2OS. The van der Waals surface area contributed by atoms with Gasteiger partial charge in [-0.1, -0.05) is 30.3 Å². The Labute approximate surface area is 146 Å². The van der Waals surface area contributed by atoms with Crippen molar-refractivity contribution < 1.29 is 4.79 Å². The molecule has 0 unspecified atom stereocenters. The minimum atomic E-state index is 0.0192. The number of rotatable bonds is 5. The molecule has 0 radical (unpaired) electrons. The number of aryl methyl sites for hydroxylation is 1. The third-order valence-corrected chi connectivity index (χ3v) is 5.31. The van der Waals surface area contributed by atoms with E-state index in [2.05, 4.69) is 52.9 Å². The van der Waals surface area contributed by atoms with Crippen molar-refractivity contribution in [3.05, 3.63) is 64.5 Å². The average molecular weight is 338 g/mol. The van der Waals surface area contributed by atoms with E-state index in [1.165, 1.54) is 21.2 Å². The maximum atomic E-state index is 12.3. The van der Waals surface area contributed by atoms with Gasteiger partial charge in [-0.3, -0.25) is 9.69 Å². The zero-order chi connectivity index (χ0) is 17.1. The molecule has 0 fully saturated rings. The Bertz CT molecular complexity index is 869. The number of benzene rings is 2. The van der Waals surface area contributed by atoms with Crippen molar-refractivity contribution in [1.82, 2.24) is 4.90 Å². The Hall–Kier alpha value is -2.17. The number of amides is 1. The molecule has 1 heterocycles. The molecule has 0 atom stereocenters. The predicted molar refractivity (Wildman–Crippen MR) is 103 cm³/mol. The van der Waals surface area contributed by atoms with Gasteiger partial charge in [-0.2, -0.15) is 0 Å². The number of carbonyl (C=O) groups excluding carboxylic acids is 1. The molecule has 4 heteroatoms. The maximum absolute atomic E-state index is 12.3. The van der Waals surface area contributed by atoms with Gasteiger partial charge in [0, 0.05) is 16.9 Å². The topological polar surface area (TPSA) is 32.3 Å². The first-order valence-corrected chi connectivity index (χ1v) is 8.92. The van der Waals surface area contributed by atoms with E-state index in [1.807, 2.05) is 26.1 Å². The van der Waals surface area contributed by atoms with Crippen LogP contribution in [0.25, 0.3) is 10.1 Å². The van der Waals surface area contributed by atoms with E-state index in [1.54, 1.807) is 11.3 Å². The van der Waals surface area contributed by atoms with Crippen molar-refractivity contribution in [3.8, 4) is 0 Å². The fourth-order valence-corrected chi connectivity index (χ4v) is 3.78. The van der Waals surface area contributed by atoms with Crippen LogP contribution in [0, 0.1) is 13.8 Å². The summed E-state index contributed by atoms with van der Waals surface area (Å²) in [6.45, 7) is 5.23. The number of nitrogens with one attached hydrogen (secondary N) is 1. The predicted octanol–water partition coefficient (Wildman–Crippen LogP) is 4.59. The molecule has 0 bridgehead atoms. The number of nitrogens with zero attached hydrogens (tertiary/aromatic N) is 1. The lowest BCUT2D eigenvalue weighted by molar-refractivity contribution is -0.117. The van der Waals surface area contributed by atoms with E-state index in [9.17, 15) is 4.79 Å². The molecule has 0 spiro atoms. The van der Waals surface area contributed by atoms with E-state index in [4.69, 9.17) is 0 Å². The van der Waals surface area contributed by atoms with Crippen LogP contribution in [0.5, 0.6) is 0 Å². The molecule has 24 heavy (non-hydrogen) atoms. The summed E-state index contributed by atoms with van der Waals surface area (Å²) in [6.07, 6.45) is 0. The first kappa shape index (κ1) is 16.7. The number of anilines is 1. The van der Waals surface area contributed by atoms with Crippen molar-refractivity contribution in [2.24, 2.45) is 0 Å². The summed E-state index contributed by atoms with van der Waals surface area (Å²) in [5.74, 6) is 0.0192. The third kappa shape index (κ3) is 3.66. The highest BCUT2D eigenvalue weighted by atomic mass is 32.1. The third-order valence-electron chi connectivity index (χ3n) is 4.29. The first-order chi connectivity index (χ1) is 11.5. The second-order valence-corrected chi connectivity index (χ2v) is 7.14. The normalized spacial score (nSPS) is 11.2. The molecule has 0 saturated carbocycles. The molecule has 0 aliphatic rings. The number of hydrogen-bond acceptors (Lipinski definition) is 3. The molecule has 0 aliphatic heterocycles. The fraction of sp³-hybridized carbons (Fsp3) is 0.250. The second-order valence-electron chi connectivity index (χ2n) is 6.23. The second kappa shape index (κ2) is 7.16.